The van der Waals surface area contributed by atoms with E-state index in [4.69, 9.17) is 5.73 Å². The molecule has 18 heavy (non-hydrogen) atoms. The third-order valence-corrected chi connectivity index (χ3v) is 3.26. The maximum Gasteiger partial charge on any atom is 0.222 e. The normalized spacial score (nSPS) is 12.2. The molecule has 1 aromatic carbocycles. The first kappa shape index (κ1) is 14.7. The summed E-state index contributed by atoms with van der Waals surface area (Å²) in [5.74, 6) is 0.641. The van der Waals surface area contributed by atoms with E-state index in [1.807, 2.05) is 30.1 Å². The van der Waals surface area contributed by atoms with Crippen LogP contribution in [0, 0.1) is 5.92 Å². The molecule has 3 nitrogen and oxygen atoms in total. The molecule has 0 aromatic heterocycles. The van der Waals surface area contributed by atoms with Gasteiger partial charge in [0.15, 0.2) is 0 Å². The molecule has 100 valence electrons. The van der Waals surface area contributed by atoms with E-state index in [9.17, 15) is 4.79 Å². The molecule has 0 aliphatic rings. The first-order valence-electron chi connectivity index (χ1n) is 6.61. The standard InChI is InChI=1S/C15H24N2O/c1-13(12-16)8-9-15(18)17(2)11-10-14-6-4-3-5-7-14/h3-7,13H,8-12,16H2,1-2H3. The first-order valence-corrected chi connectivity index (χ1v) is 6.61. The summed E-state index contributed by atoms with van der Waals surface area (Å²) < 4.78 is 0. The summed E-state index contributed by atoms with van der Waals surface area (Å²) in [6, 6.07) is 10.2. The van der Waals surface area contributed by atoms with Crippen molar-refractivity contribution in [2.75, 3.05) is 20.1 Å². The van der Waals surface area contributed by atoms with Crippen molar-refractivity contribution < 1.29 is 4.79 Å². The smallest absolute Gasteiger partial charge is 0.222 e. The van der Waals surface area contributed by atoms with Crippen molar-refractivity contribution in [1.29, 1.82) is 0 Å². The van der Waals surface area contributed by atoms with Crippen LogP contribution in [0.15, 0.2) is 30.3 Å². The molecule has 1 rings (SSSR count). The SMILES string of the molecule is CC(CN)CCC(=O)N(C)CCc1ccccc1. The van der Waals surface area contributed by atoms with Crippen molar-refractivity contribution in [1.82, 2.24) is 4.90 Å². The van der Waals surface area contributed by atoms with Gasteiger partial charge in [0.05, 0.1) is 0 Å². The molecule has 0 aliphatic heterocycles. The minimum atomic E-state index is 0.214. The number of hydrogen-bond acceptors (Lipinski definition) is 2. The number of likely N-dealkylation sites (N-methyl/N-ethyl adjacent to an activating group) is 1. The van der Waals surface area contributed by atoms with Gasteiger partial charge < -0.3 is 10.6 Å². The van der Waals surface area contributed by atoms with E-state index in [0.717, 1.165) is 19.4 Å². The third kappa shape index (κ3) is 5.32. The zero-order valence-electron chi connectivity index (χ0n) is 11.4. The maximum absolute atomic E-state index is 11.9. The third-order valence-electron chi connectivity index (χ3n) is 3.26. The Morgan fingerprint density at radius 2 is 2.00 bits per heavy atom. The van der Waals surface area contributed by atoms with Crippen molar-refractivity contribution in [2.45, 2.75) is 26.2 Å². The van der Waals surface area contributed by atoms with Gasteiger partial charge in [-0.15, -0.1) is 0 Å². The molecular formula is C15H24N2O. The Hall–Kier alpha value is -1.35. The minimum Gasteiger partial charge on any atom is -0.345 e. The first-order chi connectivity index (χ1) is 8.63. The highest BCUT2D eigenvalue weighted by Crippen LogP contribution is 2.06. The summed E-state index contributed by atoms with van der Waals surface area (Å²) in [6.45, 7) is 3.51. The van der Waals surface area contributed by atoms with Crippen LogP contribution in [0.4, 0.5) is 0 Å². The fourth-order valence-electron chi connectivity index (χ4n) is 1.74. The Kier molecular flexibility index (Phi) is 6.44. The van der Waals surface area contributed by atoms with Crippen LogP contribution in [0.3, 0.4) is 0 Å². The highest BCUT2D eigenvalue weighted by molar-refractivity contribution is 5.75. The molecule has 0 bridgehead atoms. The zero-order valence-corrected chi connectivity index (χ0v) is 11.4. The van der Waals surface area contributed by atoms with Gasteiger partial charge in [-0.3, -0.25) is 4.79 Å². The Balaban J connectivity index is 2.27. The monoisotopic (exact) mass is 248 g/mol. The lowest BCUT2D eigenvalue weighted by Crippen LogP contribution is -2.29. The predicted octanol–water partition coefficient (Wildman–Crippen LogP) is 2.06. The second-order valence-corrected chi connectivity index (χ2v) is 4.93. The number of carbonyl (C=O) groups excluding carboxylic acids is 1. The molecule has 0 aliphatic carbocycles. The number of carbonyl (C=O) groups is 1. The largest absolute Gasteiger partial charge is 0.345 e. The quantitative estimate of drug-likeness (QED) is 0.803. The Morgan fingerprint density at radius 1 is 1.33 bits per heavy atom. The number of benzene rings is 1. The van der Waals surface area contributed by atoms with Gasteiger partial charge in [0.1, 0.15) is 0 Å². The van der Waals surface area contributed by atoms with E-state index in [1.165, 1.54) is 5.56 Å². The lowest BCUT2D eigenvalue weighted by Gasteiger charge is -2.18. The van der Waals surface area contributed by atoms with Crippen molar-refractivity contribution in [3.05, 3.63) is 35.9 Å². The van der Waals surface area contributed by atoms with E-state index in [0.29, 0.717) is 18.9 Å². The molecule has 3 heteroatoms. The van der Waals surface area contributed by atoms with Gasteiger partial charge in [-0.1, -0.05) is 37.3 Å². The summed E-state index contributed by atoms with van der Waals surface area (Å²) in [5, 5.41) is 0. The van der Waals surface area contributed by atoms with Gasteiger partial charge in [-0.2, -0.15) is 0 Å². The fraction of sp³-hybridized carbons (Fsp3) is 0.533. The van der Waals surface area contributed by atoms with Gasteiger partial charge in [0.2, 0.25) is 5.91 Å². The summed E-state index contributed by atoms with van der Waals surface area (Å²) >= 11 is 0. The molecule has 0 saturated carbocycles. The lowest BCUT2D eigenvalue weighted by molar-refractivity contribution is -0.130. The van der Waals surface area contributed by atoms with Crippen LogP contribution in [0.1, 0.15) is 25.3 Å². The average Bonchev–Trinajstić information content (AvgIpc) is 2.42. The molecule has 0 heterocycles. The van der Waals surface area contributed by atoms with Crippen LogP contribution in [0.5, 0.6) is 0 Å². The van der Waals surface area contributed by atoms with Crippen LogP contribution < -0.4 is 5.73 Å². The van der Waals surface area contributed by atoms with E-state index in [1.54, 1.807) is 0 Å². The maximum atomic E-state index is 11.9. The second-order valence-electron chi connectivity index (χ2n) is 4.93. The van der Waals surface area contributed by atoms with Crippen LogP contribution in [0.2, 0.25) is 0 Å². The van der Waals surface area contributed by atoms with Crippen LogP contribution in [0.25, 0.3) is 0 Å². The molecule has 1 unspecified atom stereocenters. The molecular weight excluding hydrogens is 224 g/mol. The van der Waals surface area contributed by atoms with Crippen molar-refractivity contribution in [3.8, 4) is 0 Å². The molecule has 0 radical (unpaired) electrons. The topological polar surface area (TPSA) is 46.3 Å². The Labute approximate surface area is 110 Å². The highest BCUT2D eigenvalue weighted by atomic mass is 16.2. The molecule has 0 saturated heterocycles. The van der Waals surface area contributed by atoms with Gasteiger partial charge >= 0.3 is 0 Å². The molecule has 1 amide bonds. The van der Waals surface area contributed by atoms with Crippen molar-refractivity contribution in [3.63, 3.8) is 0 Å². The Morgan fingerprint density at radius 3 is 2.61 bits per heavy atom. The summed E-state index contributed by atoms with van der Waals surface area (Å²) in [6.07, 6.45) is 2.39. The fourth-order valence-corrected chi connectivity index (χ4v) is 1.74. The predicted molar refractivity (Wildman–Crippen MR) is 75.2 cm³/mol. The molecule has 0 fully saturated rings. The lowest BCUT2D eigenvalue weighted by atomic mass is 10.1. The number of hydrogen-bond donors (Lipinski definition) is 1. The van der Waals surface area contributed by atoms with Crippen molar-refractivity contribution >= 4 is 5.91 Å². The minimum absolute atomic E-state index is 0.214. The van der Waals surface area contributed by atoms with Gasteiger partial charge in [0, 0.05) is 20.0 Å². The van der Waals surface area contributed by atoms with Gasteiger partial charge in [-0.25, -0.2) is 0 Å². The van der Waals surface area contributed by atoms with E-state index in [2.05, 4.69) is 19.1 Å². The van der Waals surface area contributed by atoms with E-state index >= 15 is 0 Å². The number of nitrogens with zero attached hydrogens (tertiary/aromatic N) is 1. The van der Waals surface area contributed by atoms with Gasteiger partial charge in [-0.05, 0) is 30.9 Å². The number of amides is 1. The van der Waals surface area contributed by atoms with Crippen LogP contribution in [-0.4, -0.2) is 30.9 Å². The van der Waals surface area contributed by atoms with Crippen LogP contribution in [-0.2, 0) is 11.2 Å². The second kappa shape index (κ2) is 7.88. The van der Waals surface area contributed by atoms with Crippen LogP contribution >= 0.6 is 0 Å². The summed E-state index contributed by atoms with van der Waals surface area (Å²) in [7, 11) is 1.87. The summed E-state index contributed by atoms with van der Waals surface area (Å²) in [5.41, 5.74) is 6.81. The number of rotatable bonds is 7. The average molecular weight is 248 g/mol. The summed E-state index contributed by atoms with van der Waals surface area (Å²) in [4.78, 5) is 13.7. The van der Waals surface area contributed by atoms with E-state index < -0.39 is 0 Å². The molecule has 2 N–H and O–H groups in total. The Bertz CT molecular complexity index is 351. The van der Waals surface area contributed by atoms with Gasteiger partial charge in [0.25, 0.3) is 0 Å². The molecule has 1 atom stereocenters. The van der Waals surface area contributed by atoms with E-state index in [-0.39, 0.29) is 5.91 Å². The number of nitrogens with two attached hydrogens (primary N) is 1. The zero-order chi connectivity index (χ0) is 13.4. The molecule has 1 aromatic rings. The highest BCUT2D eigenvalue weighted by Gasteiger charge is 2.10. The molecule has 0 spiro atoms. The van der Waals surface area contributed by atoms with Crippen molar-refractivity contribution in [2.24, 2.45) is 11.7 Å².